The molecule has 0 spiro atoms. The van der Waals surface area contributed by atoms with Crippen LogP contribution in [0.5, 0.6) is 0 Å². The number of benzene rings is 1. The topological polar surface area (TPSA) is 55.2 Å². The first-order valence-corrected chi connectivity index (χ1v) is 9.93. The van der Waals surface area contributed by atoms with Gasteiger partial charge in [-0.05, 0) is 48.8 Å². The normalized spacial score (nSPS) is 24.9. The van der Waals surface area contributed by atoms with E-state index in [1.54, 1.807) is 4.31 Å². The van der Waals surface area contributed by atoms with Gasteiger partial charge in [0.1, 0.15) is 0 Å². The van der Waals surface area contributed by atoms with Crippen LogP contribution in [0.15, 0.2) is 36.5 Å². The van der Waals surface area contributed by atoms with Crippen molar-refractivity contribution < 1.29 is 8.42 Å². The Morgan fingerprint density at radius 2 is 1.91 bits per heavy atom. The van der Waals surface area contributed by atoms with Gasteiger partial charge in [-0.2, -0.15) is 5.10 Å². The fourth-order valence-corrected chi connectivity index (χ4v) is 4.87. The number of aromatic nitrogens is 2. The van der Waals surface area contributed by atoms with E-state index in [-0.39, 0.29) is 0 Å². The molecule has 1 saturated heterocycles. The number of para-hydroxylation sites is 1. The van der Waals surface area contributed by atoms with Crippen molar-refractivity contribution in [2.45, 2.75) is 19.3 Å². The van der Waals surface area contributed by atoms with Crippen molar-refractivity contribution in [1.29, 1.82) is 0 Å². The average Bonchev–Trinajstić information content (AvgIpc) is 2.95. The van der Waals surface area contributed by atoms with Gasteiger partial charge < -0.3 is 0 Å². The van der Waals surface area contributed by atoms with E-state index < -0.39 is 10.0 Å². The third-order valence-corrected chi connectivity index (χ3v) is 6.49. The summed E-state index contributed by atoms with van der Waals surface area (Å²) in [6, 6.07) is 10.2. The quantitative estimate of drug-likeness (QED) is 0.844. The van der Waals surface area contributed by atoms with Crippen LogP contribution in [0.1, 0.15) is 17.7 Å². The molecule has 2 heterocycles. The molecule has 5 nitrogen and oxygen atoms in total. The predicted octanol–water partition coefficient (Wildman–Crippen LogP) is 1.87. The highest BCUT2D eigenvalue weighted by molar-refractivity contribution is 7.88. The van der Waals surface area contributed by atoms with Gasteiger partial charge in [0.25, 0.3) is 0 Å². The van der Waals surface area contributed by atoms with Gasteiger partial charge >= 0.3 is 0 Å². The van der Waals surface area contributed by atoms with E-state index in [0.29, 0.717) is 24.9 Å². The molecule has 23 heavy (non-hydrogen) atoms. The lowest BCUT2D eigenvalue weighted by Crippen LogP contribution is -2.46. The van der Waals surface area contributed by atoms with Crippen LogP contribution in [0.2, 0.25) is 0 Å². The lowest BCUT2D eigenvalue weighted by Gasteiger charge is -2.40. The first kappa shape index (κ1) is 14.9. The molecule has 4 rings (SSSR count). The van der Waals surface area contributed by atoms with E-state index in [0.717, 1.165) is 24.9 Å². The molecule has 0 bridgehead atoms. The molecule has 1 aromatic heterocycles. The monoisotopic (exact) mass is 331 g/mol. The number of fused-ring (bicyclic) bond motifs is 2. The summed E-state index contributed by atoms with van der Waals surface area (Å²) < 4.78 is 27.3. The van der Waals surface area contributed by atoms with Crippen LogP contribution in [0.3, 0.4) is 0 Å². The molecular formula is C17H21N3O2S. The largest absolute Gasteiger partial charge is 0.238 e. The lowest BCUT2D eigenvalue weighted by atomic mass is 9.75. The van der Waals surface area contributed by atoms with Gasteiger partial charge in [-0.15, -0.1) is 0 Å². The molecule has 2 aromatic rings. The van der Waals surface area contributed by atoms with Gasteiger partial charge in [-0.1, -0.05) is 18.2 Å². The fraction of sp³-hybridized carbons (Fsp3) is 0.471. The van der Waals surface area contributed by atoms with Gasteiger partial charge in [0, 0.05) is 18.8 Å². The smallest absolute Gasteiger partial charge is 0.211 e. The number of rotatable bonds is 2. The zero-order valence-corrected chi connectivity index (χ0v) is 14.0. The molecular weight excluding hydrogens is 310 g/mol. The Morgan fingerprint density at radius 1 is 1.13 bits per heavy atom. The van der Waals surface area contributed by atoms with Gasteiger partial charge in [-0.3, -0.25) is 0 Å². The minimum absolute atomic E-state index is 0.416. The molecule has 0 radical (unpaired) electrons. The van der Waals surface area contributed by atoms with Crippen molar-refractivity contribution in [1.82, 2.24) is 14.1 Å². The maximum atomic E-state index is 11.8. The molecule has 2 atom stereocenters. The maximum absolute atomic E-state index is 11.8. The first-order chi connectivity index (χ1) is 11.0. The molecule has 0 saturated carbocycles. The van der Waals surface area contributed by atoms with E-state index in [4.69, 9.17) is 0 Å². The van der Waals surface area contributed by atoms with Gasteiger partial charge in [0.2, 0.25) is 10.0 Å². The fourth-order valence-electron chi connectivity index (χ4n) is 3.97. The second-order valence-electron chi connectivity index (χ2n) is 6.70. The van der Waals surface area contributed by atoms with Crippen LogP contribution in [0, 0.1) is 11.8 Å². The number of sulfonamides is 1. The van der Waals surface area contributed by atoms with E-state index >= 15 is 0 Å². The van der Waals surface area contributed by atoms with Crippen LogP contribution in [-0.4, -0.2) is 41.8 Å². The minimum atomic E-state index is -3.08. The van der Waals surface area contributed by atoms with Crippen molar-refractivity contribution >= 4 is 10.0 Å². The van der Waals surface area contributed by atoms with Crippen LogP contribution in [-0.2, 0) is 22.9 Å². The summed E-state index contributed by atoms with van der Waals surface area (Å²) in [5.74, 6) is 0.971. The third-order valence-electron chi connectivity index (χ3n) is 5.22. The summed E-state index contributed by atoms with van der Waals surface area (Å²) in [7, 11) is -3.08. The van der Waals surface area contributed by atoms with Crippen molar-refractivity contribution in [3.63, 3.8) is 0 Å². The SMILES string of the molecule is CS(=O)(=O)N1CCC2Cc3c(cnn3-c3ccccc3)CC2C1. The van der Waals surface area contributed by atoms with Crippen molar-refractivity contribution in [2.24, 2.45) is 11.8 Å². The van der Waals surface area contributed by atoms with Gasteiger partial charge in [0.15, 0.2) is 0 Å². The Labute approximate surface area is 137 Å². The molecule has 6 heteroatoms. The van der Waals surface area contributed by atoms with E-state index in [2.05, 4.69) is 21.9 Å². The number of piperidine rings is 1. The molecule has 1 aromatic carbocycles. The molecule has 1 aliphatic heterocycles. The number of hydrogen-bond acceptors (Lipinski definition) is 3. The van der Waals surface area contributed by atoms with Crippen LogP contribution in [0.4, 0.5) is 0 Å². The highest BCUT2D eigenvalue weighted by atomic mass is 32.2. The number of hydrogen-bond donors (Lipinski definition) is 0. The van der Waals surface area contributed by atoms with Gasteiger partial charge in [-0.25, -0.2) is 17.4 Å². The molecule has 1 aliphatic carbocycles. The molecule has 1 fully saturated rings. The van der Waals surface area contributed by atoms with Crippen molar-refractivity contribution in [3.8, 4) is 5.69 Å². The maximum Gasteiger partial charge on any atom is 0.211 e. The first-order valence-electron chi connectivity index (χ1n) is 8.08. The van der Waals surface area contributed by atoms with Crippen molar-refractivity contribution in [3.05, 3.63) is 47.8 Å². The highest BCUT2D eigenvalue weighted by Gasteiger charge is 2.37. The van der Waals surface area contributed by atoms with E-state index in [1.807, 2.05) is 24.4 Å². The van der Waals surface area contributed by atoms with Gasteiger partial charge in [0.05, 0.1) is 18.1 Å². The summed E-state index contributed by atoms with van der Waals surface area (Å²) in [6.45, 7) is 1.30. The standard InChI is InChI=1S/C17H21N3O2S/c1-23(21,22)19-8-7-13-10-17-14(9-15(13)12-19)11-18-20(17)16-5-3-2-4-6-16/h2-6,11,13,15H,7-10,12H2,1H3. The van der Waals surface area contributed by atoms with Crippen LogP contribution in [0.25, 0.3) is 5.69 Å². The molecule has 2 aliphatic rings. The highest BCUT2D eigenvalue weighted by Crippen LogP contribution is 2.37. The number of nitrogens with zero attached hydrogens (tertiary/aromatic N) is 3. The summed E-state index contributed by atoms with van der Waals surface area (Å²) in [4.78, 5) is 0. The summed E-state index contributed by atoms with van der Waals surface area (Å²) >= 11 is 0. The summed E-state index contributed by atoms with van der Waals surface area (Å²) in [6.07, 6.45) is 6.13. The minimum Gasteiger partial charge on any atom is -0.238 e. The Kier molecular flexibility index (Phi) is 3.54. The summed E-state index contributed by atoms with van der Waals surface area (Å²) in [5.41, 5.74) is 3.66. The third kappa shape index (κ3) is 2.70. The van der Waals surface area contributed by atoms with Crippen molar-refractivity contribution in [2.75, 3.05) is 19.3 Å². The Balaban J connectivity index is 1.62. The van der Waals surface area contributed by atoms with E-state index in [1.165, 1.54) is 17.5 Å². The zero-order valence-electron chi connectivity index (χ0n) is 13.2. The Hall–Kier alpha value is -1.66. The van der Waals surface area contributed by atoms with Crippen LogP contribution < -0.4 is 0 Å². The molecule has 0 amide bonds. The molecule has 0 N–H and O–H groups in total. The second kappa shape index (κ2) is 5.46. The van der Waals surface area contributed by atoms with E-state index in [9.17, 15) is 8.42 Å². The predicted molar refractivity (Wildman–Crippen MR) is 89.0 cm³/mol. The zero-order chi connectivity index (χ0) is 16.0. The van der Waals surface area contributed by atoms with Crippen LogP contribution >= 0.6 is 0 Å². The molecule has 2 unspecified atom stereocenters. The second-order valence-corrected chi connectivity index (χ2v) is 8.68. The average molecular weight is 331 g/mol. The summed E-state index contributed by atoms with van der Waals surface area (Å²) in [5, 5.41) is 4.58. The Bertz CT molecular complexity index is 814. The molecule has 122 valence electrons. The lowest BCUT2D eigenvalue weighted by molar-refractivity contribution is 0.172. The Morgan fingerprint density at radius 3 is 2.65 bits per heavy atom.